The second kappa shape index (κ2) is 5.65. The largest absolute Gasteiger partial charge is 0.468 e. The molecule has 1 unspecified atom stereocenters. The predicted octanol–water partition coefficient (Wildman–Crippen LogP) is 2.27. The molecule has 0 amide bonds. The molecule has 0 aromatic heterocycles. The van der Waals surface area contributed by atoms with E-state index in [1.54, 1.807) is 0 Å². The Bertz CT molecular complexity index is 551. The zero-order chi connectivity index (χ0) is 13.0. The van der Waals surface area contributed by atoms with Gasteiger partial charge >= 0.3 is 5.97 Å². The summed E-state index contributed by atoms with van der Waals surface area (Å²) in [7, 11) is 1.36. The molecule has 0 aliphatic rings. The van der Waals surface area contributed by atoms with E-state index in [2.05, 4.69) is 35.1 Å². The second-order valence-corrected chi connectivity index (χ2v) is 4.35. The zero-order valence-corrected chi connectivity index (χ0v) is 10.4. The monoisotopic (exact) mass is 243 g/mol. The number of esters is 1. The highest BCUT2D eigenvalue weighted by molar-refractivity contribution is 5.83. The van der Waals surface area contributed by atoms with Gasteiger partial charge in [-0.1, -0.05) is 42.5 Å². The summed E-state index contributed by atoms with van der Waals surface area (Å²) in [6, 6.07) is 14.0. The first-order valence-electron chi connectivity index (χ1n) is 6.02. The van der Waals surface area contributed by atoms with E-state index in [1.165, 1.54) is 23.4 Å². The maximum atomic E-state index is 11.2. The Morgan fingerprint density at radius 3 is 2.67 bits per heavy atom. The lowest BCUT2D eigenvalue weighted by molar-refractivity contribution is -0.142. The fraction of sp³-hybridized carbons (Fsp3) is 0.267. The van der Waals surface area contributed by atoms with Crippen molar-refractivity contribution < 1.29 is 9.53 Å². The predicted molar refractivity (Wildman–Crippen MR) is 72.3 cm³/mol. The van der Waals surface area contributed by atoms with Crippen LogP contribution >= 0.6 is 0 Å². The highest BCUT2D eigenvalue weighted by Crippen LogP contribution is 2.16. The molecule has 94 valence electrons. The quantitative estimate of drug-likeness (QED) is 0.838. The van der Waals surface area contributed by atoms with E-state index in [0.717, 1.165) is 6.42 Å². The lowest BCUT2D eigenvalue weighted by atomic mass is 10.0. The van der Waals surface area contributed by atoms with Crippen molar-refractivity contribution in [2.75, 3.05) is 7.11 Å². The molecule has 0 bridgehead atoms. The van der Waals surface area contributed by atoms with Crippen LogP contribution in [0.5, 0.6) is 0 Å². The van der Waals surface area contributed by atoms with Gasteiger partial charge in [0.2, 0.25) is 0 Å². The number of nitrogens with two attached hydrogens (primary N) is 1. The molecule has 3 heteroatoms. The molecule has 0 fully saturated rings. The van der Waals surface area contributed by atoms with Gasteiger partial charge in [-0.3, -0.25) is 4.79 Å². The molecule has 2 rings (SSSR count). The van der Waals surface area contributed by atoms with Gasteiger partial charge in [0.1, 0.15) is 6.04 Å². The molecule has 2 aromatic carbocycles. The number of aryl methyl sites for hydroxylation is 1. The Morgan fingerprint density at radius 2 is 1.94 bits per heavy atom. The lowest BCUT2D eigenvalue weighted by Gasteiger charge is -2.09. The van der Waals surface area contributed by atoms with Crippen molar-refractivity contribution in [3.05, 3.63) is 48.0 Å². The van der Waals surface area contributed by atoms with E-state index in [0.29, 0.717) is 6.42 Å². The van der Waals surface area contributed by atoms with Gasteiger partial charge < -0.3 is 10.5 Å². The van der Waals surface area contributed by atoms with E-state index in [-0.39, 0.29) is 5.97 Å². The second-order valence-electron chi connectivity index (χ2n) is 4.35. The third-order valence-electron chi connectivity index (χ3n) is 3.06. The molecule has 18 heavy (non-hydrogen) atoms. The van der Waals surface area contributed by atoms with Crippen LogP contribution < -0.4 is 5.73 Å². The van der Waals surface area contributed by atoms with Crippen LogP contribution in [0.4, 0.5) is 0 Å². The van der Waals surface area contributed by atoms with Gasteiger partial charge in [-0.05, 0) is 29.2 Å². The summed E-state index contributed by atoms with van der Waals surface area (Å²) >= 11 is 0. The van der Waals surface area contributed by atoms with E-state index < -0.39 is 6.04 Å². The first-order valence-corrected chi connectivity index (χ1v) is 6.02. The summed E-state index contributed by atoms with van der Waals surface area (Å²) in [6.45, 7) is 0. The average molecular weight is 243 g/mol. The average Bonchev–Trinajstić information content (AvgIpc) is 2.43. The van der Waals surface area contributed by atoms with Crippen molar-refractivity contribution in [1.82, 2.24) is 0 Å². The summed E-state index contributed by atoms with van der Waals surface area (Å²) < 4.78 is 4.61. The fourth-order valence-electron chi connectivity index (χ4n) is 1.99. The van der Waals surface area contributed by atoms with Gasteiger partial charge in [-0.25, -0.2) is 0 Å². The Balaban J connectivity index is 2.06. The summed E-state index contributed by atoms with van der Waals surface area (Å²) in [6.07, 6.45) is 1.38. The highest BCUT2D eigenvalue weighted by atomic mass is 16.5. The molecular weight excluding hydrogens is 226 g/mol. The van der Waals surface area contributed by atoms with Gasteiger partial charge in [-0.15, -0.1) is 0 Å². The number of methoxy groups -OCH3 is 1. The third kappa shape index (κ3) is 2.87. The number of ether oxygens (including phenoxy) is 1. The Morgan fingerprint density at radius 1 is 1.22 bits per heavy atom. The highest BCUT2D eigenvalue weighted by Gasteiger charge is 2.13. The van der Waals surface area contributed by atoms with Crippen molar-refractivity contribution >= 4 is 16.7 Å². The van der Waals surface area contributed by atoms with Crippen LogP contribution in [-0.4, -0.2) is 19.1 Å². The van der Waals surface area contributed by atoms with E-state index in [1.807, 2.05) is 12.1 Å². The van der Waals surface area contributed by atoms with Gasteiger partial charge in [0.15, 0.2) is 0 Å². The number of fused-ring (bicyclic) bond motifs is 1. The van der Waals surface area contributed by atoms with E-state index in [4.69, 9.17) is 5.73 Å². The van der Waals surface area contributed by atoms with Crippen LogP contribution in [0.2, 0.25) is 0 Å². The maximum absolute atomic E-state index is 11.2. The summed E-state index contributed by atoms with van der Waals surface area (Å²) in [5.74, 6) is -0.351. The number of carbonyl (C=O) groups is 1. The molecule has 0 radical (unpaired) electrons. The molecular formula is C15H17NO2. The van der Waals surface area contributed by atoms with Crippen molar-refractivity contribution in [3.8, 4) is 0 Å². The number of benzene rings is 2. The minimum absolute atomic E-state index is 0.351. The molecule has 0 heterocycles. The normalized spacial score (nSPS) is 12.3. The summed E-state index contributed by atoms with van der Waals surface area (Å²) in [5.41, 5.74) is 6.90. The molecule has 2 aromatic rings. The lowest BCUT2D eigenvalue weighted by Crippen LogP contribution is -2.31. The molecule has 1 atom stereocenters. The van der Waals surface area contributed by atoms with Gasteiger partial charge in [0.25, 0.3) is 0 Å². The van der Waals surface area contributed by atoms with Gasteiger partial charge in [0, 0.05) is 0 Å². The van der Waals surface area contributed by atoms with Crippen molar-refractivity contribution in [1.29, 1.82) is 0 Å². The first-order chi connectivity index (χ1) is 8.70. The van der Waals surface area contributed by atoms with Crippen LogP contribution in [0.1, 0.15) is 12.0 Å². The SMILES string of the molecule is COC(=O)C(N)CCc1ccc2ccccc2c1. The maximum Gasteiger partial charge on any atom is 0.322 e. The molecule has 2 N–H and O–H groups in total. The summed E-state index contributed by atoms with van der Waals surface area (Å²) in [4.78, 5) is 11.2. The fourth-order valence-corrected chi connectivity index (χ4v) is 1.99. The van der Waals surface area contributed by atoms with E-state index in [9.17, 15) is 4.79 Å². The number of rotatable bonds is 4. The number of carbonyl (C=O) groups excluding carboxylic acids is 1. The topological polar surface area (TPSA) is 52.3 Å². The van der Waals surface area contributed by atoms with Crippen LogP contribution in [-0.2, 0) is 16.0 Å². The van der Waals surface area contributed by atoms with Crippen LogP contribution in [0.3, 0.4) is 0 Å². The Labute approximate surface area is 107 Å². The number of hydrogen-bond acceptors (Lipinski definition) is 3. The molecule has 3 nitrogen and oxygen atoms in total. The smallest absolute Gasteiger partial charge is 0.322 e. The van der Waals surface area contributed by atoms with Gasteiger partial charge in [0.05, 0.1) is 7.11 Å². The Kier molecular flexibility index (Phi) is 3.95. The van der Waals surface area contributed by atoms with Crippen molar-refractivity contribution in [2.24, 2.45) is 5.73 Å². The first kappa shape index (κ1) is 12.6. The van der Waals surface area contributed by atoms with Crippen LogP contribution in [0.15, 0.2) is 42.5 Å². The minimum Gasteiger partial charge on any atom is -0.468 e. The molecule has 0 aliphatic carbocycles. The Hall–Kier alpha value is -1.87. The van der Waals surface area contributed by atoms with Crippen LogP contribution in [0.25, 0.3) is 10.8 Å². The number of hydrogen-bond donors (Lipinski definition) is 1. The van der Waals surface area contributed by atoms with E-state index >= 15 is 0 Å². The molecule has 0 saturated carbocycles. The van der Waals surface area contributed by atoms with Crippen LogP contribution in [0, 0.1) is 0 Å². The third-order valence-corrected chi connectivity index (χ3v) is 3.06. The standard InChI is InChI=1S/C15H17NO2/c1-18-15(17)14(16)9-7-11-6-8-12-4-2-3-5-13(12)10-11/h2-6,8,10,14H,7,9,16H2,1H3. The minimum atomic E-state index is -0.540. The molecule has 0 saturated heterocycles. The van der Waals surface area contributed by atoms with Crippen molar-refractivity contribution in [3.63, 3.8) is 0 Å². The van der Waals surface area contributed by atoms with Gasteiger partial charge in [-0.2, -0.15) is 0 Å². The van der Waals surface area contributed by atoms with Crippen molar-refractivity contribution in [2.45, 2.75) is 18.9 Å². The summed E-state index contributed by atoms with van der Waals surface area (Å²) in [5, 5.41) is 2.43. The zero-order valence-electron chi connectivity index (χ0n) is 10.4. The molecule has 0 aliphatic heterocycles. The molecule has 0 spiro atoms.